The van der Waals surface area contributed by atoms with E-state index in [9.17, 15) is 14.4 Å². The highest BCUT2D eigenvalue weighted by molar-refractivity contribution is 5.98. The first-order valence-electron chi connectivity index (χ1n) is 9.75. The number of carbonyl (C=O) groups is 3. The van der Waals surface area contributed by atoms with Crippen molar-refractivity contribution in [2.75, 3.05) is 0 Å². The fraction of sp³-hybridized carbons (Fsp3) is 0.842. The van der Waals surface area contributed by atoms with Gasteiger partial charge in [-0.05, 0) is 12.8 Å². The standard InChI is InChI=1S/C19H36N2O4/c20-18(24)16(19(21)25)14-12-10-8-6-4-2-1-3-5-7-9-11-13-15-17(22)23/h16H,1-15H2,(H2,20,24)(H2,21,25)(H,22,23). The molecule has 0 rings (SSSR count). The van der Waals surface area contributed by atoms with Gasteiger partial charge in [-0.2, -0.15) is 0 Å². The van der Waals surface area contributed by atoms with Gasteiger partial charge in [-0.25, -0.2) is 0 Å². The molecular weight excluding hydrogens is 320 g/mol. The Hall–Kier alpha value is -1.59. The molecule has 0 heterocycles. The molecule has 25 heavy (non-hydrogen) atoms. The molecule has 0 unspecified atom stereocenters. The van der Waals surface area contributed by atoms with Gasteiger partial charge in [0.1, 0.15) is 5.92 Å². The Balaban J connectivity index is 3.25. The van der Waals surface area contributed by atoms with Gasteiger partial charge in [0.25, 0.3) is 0 Å². The van der Waals surface area contributed by atoms with Crippen LogP contribution in [0.2, 0.25) is 0 Å². The summed E-state index contributed by atoms with van der Waals surface area (Å²) in [5, 5.41) is 8.54. The van der Waals surface area contributed by atoms with Crippen LogP contribution in [-0.2, 0) is 14.4 Å². The first-order valence-corrected chi connectivity index (χ1v) is 9.75. The normalized spacial score (nSPS) is 10.9. The van der Waals surface area contributed by atoms with E-state index in [0.29, 0.717) is 12.8 Å². The fourth-order valence-electron chi connectivity index (χ4n) is 2.99. The van der Waals surface area contributed by atoms with Crippen LogP contribution in [0.1, 0.15) is 96.3 Å². The van der Waals surface area contributed by atoms with Gasteiger partial charge < -0.3 is 16.6 Å². The summed E-state index contributed by atoms with van der Waals surface area (Å²) in [5.74, 6) is -2.74. The van der Waals surface area contributed by atoms with Gasteiger partial charge in [-0.15, -0.1) is 0 Å². The molecule has 0 aliphatic carbocycles. The number of aliphatic carboxylic acids is 1. The average molecular weight is 357 g/mol. The van der Waals surface area contributed by atoms with E-state index in [4.69, 9.17) is 16.6 Å². The SMILES string of the molecule is NC(=O)C(CCCCCCCCCCCCCCCC(=O)O)C(N)=O. The number of unbranched alkanes of at least 4 members (excludes halogenated alkanes) is 12. The zero-order valence-electron chi connectivity index (χ0n) is 15.5. The monoisotopic (exact) mass is 356 g/mol. The van der Waals surface area contributed by atoms with Gasteiger partial charge in [0, 0.05) is 6.42 Å². The number of nitrogens with two attached hydrogens (primary N) is 2. The Morgan fingerprint density at radius 2 is 0.920 bits per heavy atom. The van der Waals surface area contributed by atoms with Crippen LogP contribution >= 0.6 is 0 Å². The Bertz CT molecular complexity index is 372. The number of carboxylic acid groups (broad SMARTS) is 1. The van der Waals surface area contributed by atoms with Crippen LogP contribution in [0, 0.1) is 5.92 Å². The van der Waals surface area contributed by atoms with Crippen LogP contribution in [0.5, 0.6) is 0 Å². The number of carbonyl (C=O) groups excluding carboxylic acids is 2. The molecule has 0 aromatic rings. The number of rotatable bonds is 18. The summed E-state index contributed by atoms with van der Waals surface area (Å²) in [5.41, 5.74) is 10.3. The van der Waals surface area contributed by atoms with Gasteiger partial charge in [0.05, 0.1) is 0 Å². The number of primary amides is 2. The van der Waals surface area contributed by atoms with Crippen LogP contribution in [-0.4, -0.2) is 22.9 Å². The number of carboxylic acids is 1. The Labute approximate surface area is 151 Å². The van der Waals surface area contributed by atoms with Crippen LogP contribution in [0.3, 0.4) is 0 Å². The van der Waals surface area contributed by atoms with Crippen molar-refractivity contribution in [1.29, 1.82) is 0 Å². The average Bonchev–Trinajstić information content (AvgIpc) is 2.53. The van der Waals surface area contributed by atoms with Crippen LogP contribution in [0.15, 0.2) is 0 Å². The third-order valence-corrected chi connectivity index (χ3v) is 4.57. The van der Waals surface area contributed by atoms with E-state index in [1.54, 1.807) is 0 Å². The molecule has 0 aromatic heterocycles. The van der Waals surface area contributed by atoms with E-state index in [2.05, 4.69) is 0 Å². The topological polar surface area (TPSA) is 123 Å². The molecule has 0 saturated heterocycles. The molecule has 0 bridgehead atoms. The molecule has 0 saturated carbocycles. The third-order valence-electron chi connectivity index (χ3n) is 4.57. The minimum atomic E-state index is -0.816. The number of hydrogen-bond acceptors (Lipinski definition) is 3. The van der Waals surface area contributed by atoms with Crippen LogP contribution in [0.25, 0.3) is 0 Å². The molecule has 5 N–H and O–H groups in total. The maximum atomic E-state index is 11.0. The van der Waals surface area contributed by atoms with Crippen molar-refractivity contribution in [3.05, 3.63) is 0 Å². The summed E-state index contributed by atoms with van der Waals surface area (Å²) < 4.78 is 0. The molecule has 0 aliphatic heterocycles. The molecule has 6 nitrogen and oxygen atoms in total. The number of hydrogen-bond donors (Lipinski definition) is 3. The number of amides is 2. The maximum absolute atomic E-state index is 11.0. The van der Waals surface area contributed by atoms with Crippen LogP contribution in [0.4, 0.5) is 0 Å². The second-order valence-corrected chi connectivity index (χ2v) is 6.89. The van der Waals surface area contributed by atoms with Gasteiger partial charge in [0.15, 0.2) is 0 Å². The molecule has 0 spiro atoms. The lowest BCUT2D eigenvalue weighted by atomic mass is 9.99. The summed E-state index contributed by atoms with van der Waals surface area (Å²) >= 11 is 0. The second kappa shape index (κ2) is 15.9. The van der Waals surface area contributed by atoms with E-state index in [1.165, 1.54) is 44.9 Å². The third kappa shape index (κ3) is 15.7. The van der Waals surface area contributed by atoms with Crippen molar-refractivity contribution in [3.63, 3.8) is 0 Å². The summed E-state index contributed by atoms with van der Waals surface area (Å²) in [6, 6.07) is 0. The van der Waals surface area contributed by atoms with Gasteiger partial charge in [-0.3, -0.25) is 14.4 Å². The molecule has 146 valence electrons. The highest BCUT2D eigenvalue weighted by Crippen LogP contribution is 2.15. The molecule has 0 fully saturated rings. The highest BCUT2D eigenvalue weighted by atomic mass is 16.4. The second-order valence-electron chi connectivity index (χ2n) is 6.89. The smallest absolute Gasteiger partial charge is 0.303 e. The summed E-state index contributed by atoms with van der Waals surface area (Å²) in [6.45, 7) is 0. The van der Waals surface area contributed by atoms with Gasteiger partial charge >= 0.3 is 5.97 Å². The predicted molar refractivity (Wildman–Crippen MR) is 98.8 cm³/mol. The summed E-state index contributed by atoms with van der Waals surface area (Å²) in [7, 11) is 0. The summed E-state index contributed by atoms with van der Waals surface area (Å²) in [6.07, 6.45) is 15.3. The van der Waals surface area contributed by atoms with Crippen molar-refractivity contribution in [1.82, 2.24) is 0 Å². The van der Waals surface area contributed by atoms with E-state index >= 15 is 0 Å². The molecular formula is C19H36N2O4. The van der Waals surface area contributed by atoms with Crippen LogP contribution < -0.4 is 11.5 Å². The van der Waals surface area contributed by atoms with Crippen molar-refractivity contribution < 1.29 is 19.5 Å². The summed E-state index contributed by atoms with van der Waals surface area (Å²) in [4.78, 5) is 32.4. The zero-order chi connectivity index (χ0) is 18.9. The van der Waals surface area contributed by atoms with E-state index < -0.39 is 23.7 Å². The van der Waals surface area contributed by atoms with E-state index in [0.717, 1.165) is 38.5 Å². The first kappa shape index (κ1) is 23.4. The molecule has 0 atom stereocenters. The lowest BCUT2D eigenvalue weighted by molar-refractivity contribution is -0.137. The lowest BCUT2D eigenvalue weighted by Gasteiger charge is -2.08. The van der Waals surface area contributed by atoms with Crippen molar-refractivity contribution in [3.8, 4) is 0 Å². The molecule has 0 aliphatic rings. The van der Waals surface area contributed by atoms with Crippen molar-refractivity contribution >= 4 is 17.8 Å². The van der Waals surface area contributed by atoms with Crippen molar-refractivity contribution in [2.24, 2.45) is 17.4 Å². The lowest BCUT2D eigenvalue weighted by Crippen LogP contribution is -2.34. The highest BCUT2D eigenvalue weighted by Gasteiger charge is 2.20. The Kier molecular flexibility index (Phi) is 14.9. The van der Waals surface area contributed by atoms with Gasteiger partial charge in [0.2, 0.25) is 11.8 Å². The fourth-order valence-corrected chi connectivity index (χ4v) is 2.99. The van der Waals surface area contributed by atoms with Gasteiger partial charge in [-0.1, -0.05) is 77.0 Å². The van der Waals surface area contributed by atoms with E-state index in [1.807, 2.05) is 0 Å². The molecule has 2 amide bonds. The zero-order valence-corrected chi connectivity index (χ0v) is 15.5. The first-order chi connectivity index (χ1) is 11.9. The predicted octanol–water partition coefficient (Wildman–Crippen LogP) is 3.51. The molecule has 0 aromatic carbocycles. The Morgan fingerprint density at radius 3 is 1.24 bits per heavy atom. The Morgan fingerprint density at radius 1 is 0.600 bits per heavy atom. The largest absolute Gasteiger partial charge is 0.481 e. The molecule has 6 heteroatoms. The molecule has 0 radical (unpaired) electrons. The maximum Gasteiger partial charge on any atom is 0.303 e. The minimum Gasteiger partial charge on any atom is -0.481 e. The van der Waals surface area contributed by atoms with E-state index in [-0.39, 0.29) is 0 Å². The quantitative estimate of drug-likeness (QED) is 0.257. The minimum absolute atomic E-state index is 0.297. The van der Waals surface area contributed by atoms with Crippen molar-refractivity contribution in [2.45, 2.75) is 96.3 Å².